The predicted molar refractivity (Wildman–Crippen MR) is 107 cm³/mol. The van der Waals surface area contributed by atoms with Crippen molar-refractivity contribution in [2.75, 3.05) is 25.0 Å². The molecule has 15 heteroatoms. The summed E-state index contributed by atoms with van der Waals surface area (Å²) >= 11 is 0. The number of nitrogens with one attached hydrogen (secondary N) is 4. The number of guanidine groups is 1. The summed E-state index contributed by atoms with van der Waals surface area (Å²) in [6, 6.07) is 1.47. The van der Waals surface area contributed by atoms with E-state index in [1.807, 2.05) is 0 Å². The summed E-state index contributed by atoms with van der Waals surface area (Å²) in [4.78, 5) is 39.0. The minimum atomic E-state index is -5.17. The van der Waals surface area contributed by atoms with Gasteiger partial charge in [-0.05, 0) is 12.1 Å². The van der Waals surface area contributed by atoms with Crippen LogP contribution in [0.15, 0.2) is 23.2 Å². The second-order valence-corrected chi connectivity index (χ2v) is 7.06. The van der Waals surface area contributed by atoms with Gasteiger partial charge in [0.2, 0.25) is 5.91 Å². The molecule has 0 aliphatic carbocycles. The predicted octanol–water partition coefficient (Wildman–Crippen LogP) is -1.26. The summed E-state index contributed by atoms with van der Waals surface area (Å²) < 4.78 is 38.0. The van der Waals surface area contributed by atoms with Gasteiger partial charge in [-0.25, -0.2) is 0 Å². The fraction of sp³-hybridized carbons (Fsp3) is 0.444. The zero-order chi connectivity index (χ0) is 24.8. The van der Waals surface area contributed by atoms with Crippen molar-refractivity contribution < 1.29 is 48.0 Å². The molecule has 0 fully saturated rings. The second kappa shape index (κ2) is 10.8. The number of phenols is 1. The molecule has 8 N–H and O–H groups in total. The zero-order valence-corrected chi connectivity index (χ0v) is 16.9. The van der Waals surface area contributed by atoms with Crippen LogP contribution in [0.25, 0.3) is 0 Å². The molecule has 1 aliphatic rings. The number of aromatic hydroxyl groups is 1. The number of phenolic OH excluding ortho intramolecular Hbond substituents is 1. The van der Waals surface area contributed by atoms with Gasteiger partial charge in [0, 0.05) is 23.9 Å². The molecule has 12 nitrogen and oxygen atoms in total. The monoisotopic (exact) mass is 477 g/mol. The van der Waals surface area contributed by atoms with E-state index in [0.29, 0.717) is 0 Å². The molecule has 2 rings (SSSR count). The van der Waals surface area contributed by atoms with Crippen molar-refractivity contribution in [3.05, 3.63) is 23.8 Å². The second-order valence-electron chi connectivity index (χ2n) is 7.06. The molecule has 1 aromatic rings. The zero-order valence-electron chi connectivity index (χ0n) is 16.9. The Labute approximate surface area is 184 Å². The van der Waals surface area contributed by atoms with Crippen LogP contribution in [-0.4, -0.2) is 88.2 Å². The van der Waals surface area contributed by atoms with Gasteiger partial charge in [0.15, 0.2) is 12.1 Å². The van der Waals surface area contributed by atoms with E-state index in [1.54, 1.807) is 5.32 Å². The SMILES string of the molecule is O=C(O)CC(NC(=O)CNC(=O)c1cc(O)cc(NC2=NCC(O)CN2)c1)C(O)C(F)(F)F. The highest BCUT2D eigenvalue weighted by Crippen LogP contribution is 2.24. The summed E-state index contributed by atoms with van der Waals surface area (Å²) in [7, 11) is 0. The fourth-order valence-electron chi connectivity index (χ4n) is 2.74. The number of carboxylic acids is 1. The number of anilines is 1. The van der Waals surface area contributed by atoms with Crippen LogP contribution in [0.4, 0.5) is 18.9 Å². The largest absolute Gasteiger partial charge is 0.508 e. The standard InChI is InChI=1S/C18H22F3N5O7/c19-18(20,21)15(32)12(4-14(30)31)26-13(29)7-22-16(33)8-1-9(3-10(27)2-8)25-17-23-5-11(28)6-24-17/h1-3,11-12,15,27-28,32H,4-7H2,(H,22,33)(H,26,29)(H,30,31)(H2,23,24,25). The first kappa shape index (κ1) is 25.7. The quantitative estimate of drug-likeness (QED) is 0.226. The summed E-state index contributed by atoms with van der Waals surface area (Å²) in [5.74, 6) is -3.76. The van der Waals surface area contributed by atoms with Gasteiger partial charge in [0.25, 0.3) is 5.91 Å². The van der Waals surface area contributed by atoms with Gasteiger partial charge in [0.05, 0.1) is 31.7 Å². The molecule has 0 aromatic heterocycles. The minimum absolute atomic E-state index is 0.112. The highest BCUT2D eigenvalue weighted by atomic mass is 19.4. The van der Waals surface area contributed by atoms with E-state index in [0.717, 1.165) is 6.07 Å². The summed E-state index contributed by atoms with van der Waals surface area (Å²) in [5.41, 5.74) is 0.126. The Morgan fingerprint density at radius 3 is 2.52 bits per heavy atom. The molecule has 3 unspecified atom stereocenters. The number of aliphatic hydroxyl groups is 2. The molecule has 1 aromatic carbocycles. The van der Waals surface area contributed by atoms with E-state index in [9.17, 15) is 42.9 Å². The van der Waals surface area contributed by atoms with E-state index >= 15 is 0 Å². The Bertz CT molecular complexity index is 925. The minimum Gasteiger partial charge on any atom is -0.508 e. The van der Waals surface area contributed by atoms with Gasteiger partial charge in [-0.1, -0.05) is 0 Å². The summed E-state index contributed by atoms with van der Waals surface area (Å²) in [5, 5.41) is 46.6. The van der Waals surface area contributed by atoms with Crippen molar-refractivity contribution in [2.45, 2.75) is 30.8 Å². The highest BCUT2D eigenvalue weighted by molar-refractivity contribution is 6.00. The van der Waals surface area contributed by atoms with Gasteiger partial charge < -0.3 is 41.7 Å². The molecule has 0 saturated heterocycles. The Kier molecular flexibility index (Phi) is 8.42. The fourth-order valence-corrected chi connectivity index (χ4v) is 2.74. The maximum Gasteiger partial charge on any atom is 0.416 e. The van der Waals surface area contributed by atoms with Gasteiger partial charge >= 0.3 is 12.1 Å². The van der Waals surface area contributed by atoms with Crippen LogP contribution in [-0.2, 0) is 9.59 Å². The third-order valence-corrected chi connectivity index (χ3v) is 4.27. The molecule has 3 atom stereocenters. The van der Waals surface area contributed by atoms with Crippen LogP contribution in [0.5, 0.6) is 5.75 Å². The number of aliphatic imine (C=N–C) groups is 1. The van der Waals surface area contributed by atoms with Gasteiger partial charge in [0.1, 0.15) is 5.75 Å². The first-order valence-corrected chi connectivity index (χ1v) is 9.46. The molecule has 1 aliphatic heterocycles. The number of halogens is 3. The van der Waals surface area contributed by atoms with Crippen LogP contribution in [0.2, 0.25) is 0 Å². The number of rotatable bonds is 8. The number of amides is 2. The molecule has 2 amide bonds. The molecule has 0 radical (unpaired) electrons. The Morgan fingerprint density at radius 2 is 1.94 bits per heavy atom. The number of aliphatic hydroxyl groups excluding tert-OH is 2. The number of alkyl halides is 3. The van der Waals surface area contributed by atoms with E-state index < -0.39 is 55.2 Å². The molecule has 1 heterocycles. The third kappa shape index (κ3) is 8.12. The highest BCUT2D eigenvalue weighted by Gasteiger charge is 2.44. The lowest BCUT2D eigenvalue weighted by molar-refractivity contribution is -0.213. The van der Waals surface area contributed by atoms with Crippen LogP contribution >= 0.6 is 0 Å². The molecular weight excluding hydrogens is 455 g/mol. The van der Waals surface area contributed by atoms with Crippen molar-refractivity contribution in [3.63, 3.8) is 0 Å². The van der Waals surface area contributed by atoms with Gasteiger partial charge in [-0.3, -0.25) is 19.4 Å². The van der Waals surface area contributed by atoms with Crippen LogP contribution in [0.3, 0.4) is 0 Å². The number of carbonyl (C=O) groups excluding carboxylic acids is 2. The third-order valence-electron chi connectivity index (χ3n) is 4.27. The number of β-amino-alcohol motifs (C(OH)–C–C–N with tert-alkyl or cyclic N) is 1. The van der Waals surface area contributed by atoms with Gasteiger partial charge in [-0.15, -0.1) is 0 Å². The first-order chi connectivity index (χ1) is 15.3. The maximum absolute atomic E-state index is 12.7. The number of benzene rings is 1. The number of carboxylic acid groups (broad SMARTS) is 1. The summed E-state index contributed by atoms with van der Waals surface area (Å²) in [6.45, 7) is -0.453. The van der Waals surface area contributed by atoms with Crippen LogP contribution in [0.1, 0.15) is 16.8 Å². The average Bonchev–Trinajstić information content (AvgIpc) is 2.71. The van der Waals surface area contributed by atoms with Crippen LogP contribution in [0, 0.1) is 0 Å². The van der Waals surface area contributed by atoms with Crippen LogP contribution < -0.4 is 21.3 Å². The van der Waals surface area contributed by atoms with Gasteiger partial charge in [-0.2, -0.15) is 13.2 Å². The number of carbonyl (C=O) groups is 3. The summed E-state index contributed by atoms with van der Waals surface area (Å²) in [6.07, 6.45) is -10.1. The van der Waals surface area contributed by atoms with Crippen molar-refractivity contribution >= 4 is 29.4 Å². The Hall–Kier alpha value is -3.59. The number of hydrogen-bond donors (Lipinski definition) is 8. The van der Waals surface area contributed by atoms with Crippen molar-refractivity contribution in [1.82, 2.24) is 16.0 Å². The molecule has 0 spiro atoms. The maximum atomic E-state index is 12.7. The average molecular weight is 477 g/mol. The lowest BCUT2D eigenvalue weighted by Crippen LogP contribution is -2.52. The lowest BCUT2D eigenvalue weighted by Gasteiger charge is -2.24. The van der Waals surface area contributed by atoms with Crippen molar-refractivity contribution in [2.24, 2.45) is 4.99 Å². The van der Waals surface area contributed by atoms with E-state index in [-0.39, 0.29) is 36.0 Å². The first-order valence-electron chi connectivity index (χ1n) is 9.46. The topological polar surface area (TPSA) is 193 Å². The lowest BCUT2D eigenvalue weighted by atomic mass is 10.1. The Balaban J connectivity index is 1.99. The number of aliphatic carboxylic acids is 1. The van der Waals surface area contributed by atoms with E-state index in [1.165, 1.54) is 12.1 Å². The number of nitrogens with zero attached hydrogens (tertiary/aromatic N) is 1. The van der Waals surface area contributed by atoms with Crippen molar-refractivity contribution in [1.29, 1.82) is 0 Å². The molecule has 33 heavy (non-hydrogen) atoms. The molecule has 182 valence electrons. The molecule has 0 saturated carbocycles. The number of hydrogen-bond acceptors (Lipinski definition) is 9. The van der Waals surface area contributed by atoms with E-state index in [2.05, 4.69) is 20.9 Å². The normalized spacial score (nSPS) is 17.7. The Morgan fingerprint density at radius 1 is 1.24 bits per heavy atom. The van der Waals surface area contributed by atoms with Crippen molar-refractivity contribution in [3.8, 4) is 5.75 Å². The smallest absolute Gasteiger partial charge is 0.416 e. The molecule has 0 bridgehead atoms. The molecular formula is C18H22F3N5O7. The van der Waals surface area contributed by atoms with E-state index in [4.69, 9.17) is 5.11 Å².